The Morgan fingerprint density at radius 3 is 2.07 bits per heavy atom. The maximum Gasteiger partial charge on any atom is 0.392 e. The van der Waals surface area contributed by atoms with Gasteiger partial charge < -0.3 is 5.73 Å². The summed E-state index contributed by atoms with van der Waals surface area (Å²) in [6.45, 7) is 1.07. The molecule has 15 heavy (non-hydrogen) atoms. The lowest BCUT2D eigenvalue weighted by atomic mass is 9.65. The largest absolute Gasteiger partial charge is 0.392 e. The van der Waals surface area contributed by atoms with Crippen LogP contribution in [-0.2, 0) is 4.79 Å². The molecule has 2 N–H and O–H groups in total. The molecule has 0 radical (unpaired) electrons. The number of halogens is 3. The predicted molar refractivity (Wildman–Crippen MR) is 49.9 cm³/mol. The highest BCUT2D eigenvalue weighted by Gasteiger charge is 2.54. The van der Waals surface area contributed by atoms with E-state index in [0.29, 0.717) is 12.8 Å². The lowest BCUT2D eigenvalue weighted by Gasteiger charge is -2.40. The molecule has 1 saturated carbocycles. The summed E-state index contributed by atoms with van der Waals surface area (Å²) in [4.78, 5) is 11.3. The number of carbonyl (C=O) groups excluding carboxylic acids is 1. The first-order valence-electron chi connectivity index (χ1n) is 5.17. The zero-order valence-corrected chi connectivity index (χ0v) is 8.73. The number of primary amides is 1. The highest BCUT2D eigenvalue weighted by molar-refractivity contribution is 5.81. The Hall–Kier alpha value is -0.740. The van der Waals surface area contributed by atoms with Crippen LogP contribution in [0.1, 0.15) is 39.0 Å². The van der Waals surface area contributed by atoms with Crippen LogP contribution in [0.5, 0.6) is 0 Å². The molecule has 1 aliphatic carbocycles. The van der Waals surface area contributed by atoms with E-state index in [9.17, 15) is 18.0 Å². The van der Waals surface area contributed by atoms with Crippen molar-refractivity contribution in [3.8, 4) is 0 Å². The first-order valence-corrected chi connectivity index (χ1v) is 5.17. The van der Waals surface area contributed by atoms with Crippen molar-refractivity contribution in [2.75, 3.05) is 0 Å². The van der Waals surface area contributed by atoms with Gasteiger partial charge in [0.15, 0.2) is 0 Å². The molecule has 0 aliphatic heterocycles. The van der Waals surface area contributed by atoms with Crippen molar-refractivity contribution in [3.05, 3.63) is 0 Å². The van der Waals surface area contributed by atoms with Gasteiger partial charge in [0.2, 0.25) is 5.91 Å². The average molecular weight is 223 g/mol. The summed E-state index contributed by atoms with van der Waals surface area (Å²) in [5.74, 6) is -2.44. The van der Waals surface area contributed by atoms with Gasteiger partial charge in [-0.05, 0) is 12.8 Å². The monoisotopic (exact) mass is 223 g/mol. The Bertz CT molecular complexity index is 244. The first-order chi connectivity index (χ1) is 6.81. The second-order valence-electron chi connectivity index (χ2n) is 4.34. The van der Waals surface area contributed by atoms with Crippen molar-refractivity contribution in [1.29, 1.82) is 0 Å². The minimum absolute atomic E-state index is 0.267. The molecule has 0 heterocycles. The average Bonchev–Trinajstić information content (AvgIpc) is 2.16. The fraction of sp³-hybridized carbons (Fsp3) is 0.900. The Morgan fingerprint density at radius 2 is 1.73 bits per heavy atom. The third-order valence-corrected chi connectivity index (χ3v) is 3.56. The SMILES string of the molecule is C[C@@H](C(F)(F)F)C1(C(N)=O)CCCCC1. The lowest BCUT2D eigenvalue weighted by Crippen LogP contribution is -2.48. The highest BCUT2D eigenvalue weighted by atomic mass is 19.4. The molecule has 5 heteroatoms. The van der Waals surface area contributed by atoms with Gasteiger partial charge in [0, 0.05) is 0 Å². The third kappa shape index (κ3) is 2.26. The normalized spacial score (nSPS) is 23.5. The summed E-state index contributed by atoms with van der Waals surface area (Å²) in [5, 5.41) is 0. The number of alkyl halides is 3. The molecule has 0 spiro atoms. The number of nitrogens with two attached hydrogens (primary N) is 1. The standard InChI is InChI=1S/C10H16F3NO/c1-7(10(11,12)13)9(8(14)15)5-3-2-4-6-9/h7H,2-6H2,1H3,(H2,14,15)/t7-/m1/s1. The van der Waals surface area contributed by atoms with E-state index in [1.165, 1.54) is 0 Å². The smallest absolute Gasteiger partial charge is 0.369 e. The van der Waals surface area contributed by atoms with Crippen molar-refractivity contribution >= 4 is 5.91 Å². The summed E-state index contributed by atoms with van der Waals surface area (Å²) in [7, 11) is 0. The summed E-state index contributed by atoms with van der Waals surface area (Å²) in [6, 6.07) is 0. The Balaban J connectivity index is 2.95. The van der Waals surface area contributed by atoms with Gasteiger partial charge in [0.25, 0.3) is 0 Å². The molecule has 0 aromatic rings. The van der Waals surface area contributed by atoms with Crippen LogP contribution < -0.4 is 5.73 Å². The maximum atomic E-state index is 12.6. The van der Waals surface area contributed by atoms with Crippen molar-refractivity contribution in [1.82, 2.24) is 0 Å². The van der Waals surface area contributed by atoms with E-state index >= 15 is 0 Å². The van der Waals surface area contributed by atoms with E-state index in [2.05, 4.69) is 0 Å². The third-order valence-electron chi connectivity index (χ3n) is 3.56. The van der Waals surface area contributed by atoms with Gasteiger partial charge in [-0.1, -0.05) is 26.2 Å². The van der Waals surface area contributed by atoms with Crippen LogP contribution in [0.3, 0.4) is 0 Å². The van der Waals surface area contributed by atoms with Crippen molar-refractivity contribution in [2.45, 2.75) is 45.2 Å². The number of rotatable bonds is 2. The van der Waals surface area contributed by atoms with E-state index in [1.807, 2.05) is 0 Å². The molecule has 1 fully saturated rings. The van der Waals surface area contributed by atoms with Crippen LogP contribution >= 0.6 is 0 Å². The Morgan fingerprint density at radius 1 is 1.27 bits per heavy atom. The van der Waals surface area contributed by atoms with Crippen LogP contribution in [0.25, 0.3) is 0 Å². The van der Waals surface area contributed by atoms with E-state index in [0.717, 1.165) is 13.3 Å². The summed E-state index contributed by atoms with van der Waals surface area (Å²) in [5.41, 5.74) is 3.80. The molecule has 0 saturated heterocycles. The van der Waals surface area contributed by atoms with Crippen LogP contribution in [0, 0.1) is 11.3 Å². The molecule has 0 aromatic carbocycles. The van der Waals surface area contributed by atoms with E-state index < -0.39 is 23.4 Å². The van der Waals surface area contributed by atoms with Gasteiger partial charge in [0.1, 0.15) is 0 Å². The minimum atomic E-state index is -4.34. The van der Waals surface area contributed by atoms with E-state index in [-0.39, 0.29) is 12.8 Å². The van der Waals surface area contributed by atoms with Gasteiger partial charge in [-0.25, -0.2) is 0 Å². The van der Waals surface area contributed by atoms with Gasteiger partial charge >= 0.3 is 6.18 Å². The van der Waals surface area contributed by atoms with Gasteiger partial charge in [0.05, 0.1) is 11.3 Å². The molecule has 0 aromatic heterocycles. The fourth-order valence-corrected chi connectivity index (χ4v) is 2.39. The Kier molecular flexibility index (Phi) is 3.31. The van der Waals surface area contributed by atoms with Crippen molar-refractivity contribution < 1.29 is 18.0 Å². The first kappa shape index (κ1) is 12.3. The molecule has 0 unspecified atom stereocenters. The summed E-state index contributed by atoms with van der Waals surface area (Å²) in [6.07, 6.45) is -1.61. The fourth-order valence-electron chi connectivity index (χ4n) is 2.39. The van der Waals surface area contributed by atoms with Crippen LogP contribution in [0.15, 0.2) is 0 Å². The van der Waals surface area contributed by atoms with E-state index in [4.69, 9.17) is 5.73 Å². The lowest BCUT2D eigenvalue weighted by molar-refractivity contribution is -0.207. The second-order valence-corrected chi connectivity index (χ2v) is 4.34. The molecule has 88 valence electrons. The van der Waals surface area contributed by atoms with E-state index in [1.54, 1.807) is 0 Å². The molecule has 1 aliphatic rings. The zero-order valence-electron chi connectivity index (χ0n) is 8.73. The number of hydrogen-bond acceptors (Lipinski definition) is 1. The van der Waals surface area contributed by atoms with Crippen LogP contribution in [-0.4, -0.2) is 12.1 Å². The zero-order chi connectivity index (χ0) is 11.7. The number of amides is 1. The molecule has 1 rings (SSSR count). The van der Waals surface area contributed by atoms with Crippen molar-refractivity contribution in [3.63, 3.8) is 0 Å². The topological polar surface area (TPSA) is 43.1 Å². The molecular formula is C10H16F3NO. The summed E-state index contributed by atoms with van der Waals surface area (Å²) >= 11 is 0. The van der Waals surface area contributed by atoms with Crippen LogP contribution in [0.2, 0.25) is 0 Å². The summed E-state index contributed by atoms with van der Waals surface area (Å²) < 4.78 is 37.9. The van der Waals surface area contributed by atoms with Crippen LogP contribution in [0.4, 0.5) is 13.2 Å². The predicted octanol–water partition coefficient (Wildman–Crippen LogP) is 2.62. The van der Waals surface area contributed by atoms with Gasteiger partial charge in [-0.15, -0.1) is 0 Å². The molecular weight excluding hydrogens is 207 g/mol. The highest BCUT2D eigenvalue weighted by Crippen LogP contribution is 2.48. The molecule has 1 amide bonds. The van der Waals surface area contributed by atoms with Gasteiger partial charge in [-0.3, -0.25) is 4.79 Å². The van der Waals surface area contributed by atoms with Gasteiger partial charge in [-0.2, -0.15) is 13.2 Å². The maximum absolute atomic E-state index is 12.6. The second kappa shape index (κ2) is 4.02. The number of carbonyl (C=O) groups is 1. The quantitative estimate of drug-likeness (QED) is 0.768. The minimum Gasteiger partial charge on any atom is -0.369 e. The molecule has 1 atom stereocenters. The van der Waals surface area contributed by atoms with Crippen molar-refractivity contribution in [2.24, 2.45) is 17.1 Å². The molecule has 0 bridgehead atoms. The number of hydrogen-bond donors (Lipinski definition) is 1. The molecule has 2 nitrogen and oxygen atoms in total. The Labute approximate surface area is 87.0 Å².